The number of hydrogen-bond acceptors (Lipinski definition) is 2. The van der Waals surface area contributed by atoms with Crippen LogP contribution >= 0.6 is 0 Å². The second kappa shape index (κ2) is 2.28. The van der Waals surface area contributed by atoms with Crippen LogP contribution in [-0.4, -0.2) is 28.6 Å². The number of nitrogens with zero attached hydrogens (tertiary/aromatic N) is 1. The number of carbonyl (C=O) groups is 1. The zero-order valence-corrected chi connectivity index (χ0v) is 5.70. The molecule has 4 nitrogen and oxygen atoms in total. The molecule has 0 amide bonds. The summed E-state index contributed by atoms with van der Waals surface area (Å²) in [5.41, 5.74) is 0.687. The molecule has 1 rings (SSSR count). The van der Waals surface area contributed by atoms with Crippen LogP contribution in [0.3, 0.4) is 0 Å². The van der Waals surface area contributed by atoms with Crippen LogP contribution in [0.4, 0.5) is 0 Å². The summed E-state index contributed by atoms with van der Waals surface area (Å²) in [4.78, 5) is 10.2. The van der Waals surface area contributed by atoms with E-state index in [0.29, 0.717) is 18.6 Å². The average Bonchev–Trinajstić information content (AvgIpc) is 1.56. The summed E-state index contributed by atoms with van der Waals surface area (Å²) in [5.74, 6) is -1.11. The Morgan fingerprint density at radius 3 is 2.60 bits per heavy atom. The van der Waals surface area contributed by atoms with Crippen LogP contribution in [0.2, 0.25) is 0 Å². The van der Waals surface area contributed by atoms with Gasteiger partial charge in [-0.1, -0.05) is 0 Å². The van der Waals surface area contributed by atoms with Crippen molar-refractivity contribution in [2.75, 3.05) is 7.05 Å². The van der Waals surface area contributed by atoms with E-state index < -0.39 is 5.97 Å². The highest BCUT2D eigenvalue weighted by Gasteiger charge is 2.35. The Morgan fingerprint density at radius 1 is 1.80 bits per heavy atom. The molecule has 0 atom stereocenters. The molecule has 0 saturated heterocycles. The Balaban J connectivity index is 2.45. The Morgan fingerprint density at radius 2 is 2.30 bits per heavy atom. The van der Waals surface area contributed by atoms with Crippen molar-refractivity contribution in [3.63, 3.8) is 0 Å². The van der Waals surface area contributed by atoms with Gasteiger partial charge in [0, 0.05) is 12.8 Å². The normalized spacial score (nSPS) is 23.7. The van der Waals surface area contributed by atoms with Crippen molar-refractivity contribution in [1.29, 1.82) is 0 Å². The van der Waals surface area contributed by atoms with Crippen LogP contribution in [0, 0.1) is 11.1 Å². The van der Waals surface area contributed by atoms with Crippen LogP contribution in [0.5, 0.6) is 0 Å². The third kappa shape index (κ3) is 1.10. The number of carboxylic acids is 1. The van der Waals surface area contributed by atoms with E-state index in [0.717, 1.165) is 4.74 Å². The van der Waals surface area contributed by atoms with Gasteiger partial charge in [-0.3, -0.25) is 4.79 Å². The highest BCUT2D eigenvalue weighted by atomic mass is 16.5. The maximum Gasteiger partial charge on any atom is 0.307 e. The highest BCUT2D eigenvalue weighted by Crippen LogP contribution is 2.23. The van der Waals surface area contributed by atoms with Crippen molar-refractivity contribution in [3.8, 4) is 0 Å². The molecule has 1 fully saturated rings. The molecule has 0 aromatic rings. The summed E-state index contributed by atoms with van der Waals surface area (Å²) in [6.07, 6.45) is 0.852. The molecule has 4 heteroatoms. The first-order valence-corrected chi connectivity index (χ1v) is 3.09. The monoisotopic (exact) mass is 143 g/mol. The van der Waals surface area contributed by atoms with E-state index in [-0.39, 0.29) is 5.92 Å². The first-order valence-electron chi connectivity index (χ1n) is 3.09. The molecule has 1 saturated carbocycles. The summed E-state index contributed by atoms with van der Waals surface area (Å²) in [6, 6.07) is 0. The fourth-order valence-corrected chi connectivity index (χ4v) is 0.941. The van der Waals surface area contributed by atoms with E-state index in [1.807, 2.05) is 0 Å². The van der Waals surface area contributed by atoms with E-state index in [1.165, 1.54) is 7.05 Å². The van der Waals surface area contributed by atoms with Gasteiger partial charge < -0.3 is 10.3 Å². The van der Waals surface area contributed by atoms with Gasteiger partial charge in [-0.25, -0.2) is 4.74 Å². The summed E-state index contributed by atoms with van der Waals surface area (Å²) < 4.78 is 0.749. The largest absolute Gasteiger partial charge is 0.624 e. The fourth-order valence-electron chi connectivity index (χ4n) is 0.941. The zero-order valence-electron chi connectivity index (χ0n) is 5.70. The SMILES string of the molecule is C[N+]([O-])=C1CC(C(=O)O)C1. The predicted octanol–water partition coefficient (Wildman–Crippen LogP) is 0.0621. The Labute approximate surface area is 58.4 Å². The van der Waals surface area contributed by atoms with Crippen LogP contribution in [0.25, 0.3) is 0 Å². The van der Waals surface area contributed by atoms with Gasteiger partial charge in [0.15, 0.2) is 5.71 Å². The zero-order chi connectivity index (χ0) is 7.72. The predicted molar refractivity (Wildman–Crippen MR) is 34.9 cm³/mol. The molecule has 0 heterocycles. The van der Waals surface area contributed by atoms with Gasteiger partial charge in [0.1, 0.15) is 7.05 Å². The quantitative estimate of drug-likeness (QED) is 0.321. The average molecular weight is 143 g/mol. The minimum atomic E-state index is -0.800. The van der Waals surface area contributed by atoms with Crippen LogP contribution in [-0.2, 0) is 4.79 Å². The molecule has 1 aliphatic rings. The van der Waals surface area contributed by atoms with E-state index >= 15 is 0 Å². The lowest BCUT2D eigenvalue weighted by Crippen LogP contribution is -2.34. The van der Waals surface area contributed by atoms with Gasteiger partial charge in [0.05, 0.1) is 5.92 Å². The molecular weight excluding hydrogens is 134 g/mol. The Kier molecular flexibility index (Phi) is 1.61. The number of rotatable bonds is 1. The number of hydroxylamine groups is 1. The van der Waals surface area contributed by atoms with Crippen molar-refractivity contribution in [1.82, 2.24) is 0 Å². The third-order valence-corrected chi connectivity index (χ3v) is 1.76. The van der Waals surface area contributed by atoms with Crippen molar-refractivity contribution in [3.05, 3.63) is 5.21 Å². The van der Waals surface area contributed by atoms with E-state index in [1.54, 1.807) is 0 Å². The summed E-state index contributed by atoms with van der Waals surface area (Å²) in [5, 5.41) is 18.9. The summed E-state index contributed by atoms with van der Waals surface area (Å²) >= 11 is 0. The molecule has 0 aliphatic heterocycles. The third-order valence-electron chi connectivity index (χ3n) is 1.76. The summed E-state index contributed by atoms with van der Waals surface area (Å²) in [7, 11) is 1.40. The molecule has 0 aromatic heterocycles. The molecule has 1 N–H and O–H groups in total. The maximum absolute atomic E-state index is 10.5. The van der Waals surface area contributed by atoms with Crippen LogP contribution < -0.4 is 0 Å². The standard InChI is InChI=1S/C6H9NO3/c1-7(10)5-2-4(3-5)6(8)9/h4H,2-3H2,1H3,(H,8,9). The van der Waals surface area contributed by atoms with Gasteiger partial charge in [-0.15, -0.1) is 0 Å². The molecule has 0 unspecified atom stereocenters. The number of hydrogen-bond donors (Lipinski definition) is 1. The molecule has 56 valence electrons. The molecule has 0 aromatic carbocycles. The van der Waals surface area contributed by atoms with Crippen molar-refractivity contribution in [2.45, 2.75) is 12.8 Å². The van der Waals surface area contributed by atoms with Gasteiger partial charge in [0.2, 0.25) is 0 Å². The highest BCUT2D eigenvalue weighted by molar-refractivity contribution is 5.94. The summed E-state index contributed by atoms with van der Waals surface area (Å²) in [6.45, 7) is 0. The van der Waals surface area contributed by atoms with Crippen molar-refractivity contribution in [2.24, 2.45) is 5.92 Å². The molecule has 0 radical (unpaired) electrons. The lowest BCUT2D eigenvalue weighted by molar-refractivity contribution is -0.428. The first-order chi connectivity index (χ1) is 4.61. The topological polar surface area (TPSA) is 63.4 Å². The van der Waals surface area contributed by atoms with E-state index in [2.05, 4.69) is 0 Å². The molecule has 0 spiro atoms. The maximum atomic E-state index is 10.5. The van der Waals surface area contributed by atoms with E-state index in [4.69, 9.17) is 5.11 Å². The minimum absolute atomic E-state index is 0.314. The first kappa shape index (κ1) is 7.05. The minimum Gasteiger partial charge on any atom is -0.624 e. The number of aliphatic carboxylic acids is 1. The van der Waals surface area contributed by atoms with Gasteiger partial charge in [-0.2, -0.15) is 0 Å². The van der Waals surface area contributed by atoms with Crippen molar-refractivity contribution >= 4 is 11.7 Å². The van der Waals surface area contributed by atoms with Gasteiger partial charge >= 0.3 is 5.97 Å². The van der Waals surface area contributed by atoms with E-state index in [9.17, 15) is 10.0 Å². The molecule has 1 aliphatic carbocycles. The molecular formula is C6H9NO3. The lowest BCUT2D eigenvalue weighted by atomic mass is 9.83. The van der Waals surface area contributed by atoms with Crippen molar-refractivity contribution < 1.29 is 14.6 Å². The number of carboxylic acid groups (broad SMARTS) is 1. The Bertz CT molecular complexity index is 185. The molecule has 10 heavy (non-hydrogen) atoms. The second-order valence-electron chi connectivity index (χ2n) is 2.51. The van der Waals surface area contributed by atoms with Gasteiger partial charge in [-0.05, 0) is 0 Å². The second-order valence-corrected chi connectivity index (χ2v) is 2.51. The Hall–Kier alpha value is -1.06. The molecule has 0 bridgehead atoms. The van der Waals surface area contributed by atoms with Gasteiger partial charge in [0.25, 0.3) is 0 Å². The van der Waals surface area contributed by atoms with Crippen LogP contribution in [0.1, 0.15) is 12.8 Å². The smallest absolute Gasteiger partial charge is 0.307 e. The van der Waals surface area contributed by atoms with Crippen LogP contribution in [0.15, 0.2) is 0 Å². The fraction of sp³-hybridized carbons (Fsp3) is 0.667. The lowest BCUT2D eigenvalue weighted by Gasteiger charge is -2.21.